The first-order valence-electron chi connectivity index (χ1n) is 5.50. The van der Waals surface area contributed by atoms with E-state index in [2.05, 4.69) is 0 Å². The van der Waals surface area contributed by atoms with Gasteiger partial charge in [0, 0.05) is 25.3 Å². The molecular weight excluding hydrogens is 233 g/mol. The Kier molecular flexibility index (Phi) is 3.69. The summed E-state index contributed by atoms with van der Waals surface area (Å²) in [7, 11) is 0. The predicted octanol–water partition coefficient (Wildman–Crippen LogP) is 2.56. The Morgan fingerprint density at radius 1 is 1.12 bits per heavy atom. The van der Waals surface area contributed by atoms with Crippen molar-refractivity contribution < 1.29 is 23.0 Å². The maximum Gasteiger partial charge on any atom is 0.134 e. The second-order valence-corrected chi connectivity index (χ2v) is 4.18. The Morgan fingerprint density at radius 2 is 1.65 bits per heavy atom. The first-order chi connectivity index (χ1) is 8.09. The molecule has 94 valence electrons. The summed E-state index contributed by atoms with van der Waals surface area (Å²) in [5.41, 5.74) is -0.446. The summed E-state index contributed by atoms with van der Waals surface area (Å²) in [6, 6.07) is 1.17. The van der Waals surface area contributed by atoms with Crippen LogP contribution in [-0.2, 0) is 4.74 Å². The van der Waals surface area contributed by atoms with E-state index in [0.29, 0.717) is 38.2 Å². The maximum atomic E-state index is 13.4. The highest BCUT2D eigenvalue weighted by Gasteiger charge is 2.28. The number of hydrogen-bond acceptors (Lipinski definition) is 2. The van der Waals surface area contributed by atoms with Gasteiger partial charge in [-0.3, -0.25) is 0 Å². The van der Waals surface area contributed by atoms with E-state index in [0.717, 1.165) is 0 Å². The van der Waals surface area contributed by atoms with Crippen LogP contribution in [0.4, 0.5) is 13.2 Å². The molecule has 1 heterocycles. The van der Waals surface area contributed by atoms with E-state index in [-0.39, 0.29) is 5.92 Å². The molecule has 1 aromatic carbocycles. The van der Waals surface area contributed by atoms with Crippen molar-refractivity contribution in [2.75, 3.05) is 13.2 Å². The van der Waals surface area contributed by atoms with Gasteiger partial charge in [-0.15, -0.1) is 0 Å². The van der Waals surface area contributed by atoms with Crippen LogP contribution in [0.5, 0.6) is 0 Å². The molecule has 1 N–H and O–H groups in total. The van der Waals surface area contributed by atoms with E-state index < -0.39 is 29.1 Å². The number of hydrogen-bond donors (Lipinski definition) is 1. The molecule has 0 spiro atoms. The highest BCUT2D eigenvalue weighted by molar-refractivity contribution is 5.23. The van der Waals surface area contributed by atoms with Gasteiger partial charge < -0.3 is 9.84 Å². The third-order valence-electron chi connectivity index (χ3n) is 3.05. The van der Waals surface area contributed by atoms with E-state index in [4.69, 9.17) is 4.74 Å². The standard InChI is InChI=1S/C12H13F3O2/c13-8-5-9(14)11(10(15)6-8)12(16)7-1-3-17-4-2-7/h5-7,12,16H,1-4H2. The maximum absolute atomic E-state index is 13.4. The molecule has 0 bridgehead atoms. The summed E-state index contributed by atoms with van der Waals surface area (Å²) in [5.74, 6) is -3.32. The number of benzene rings is 1. The molecule has 0 radical (unpaired) electrons. The summed E-state index contributed by atoms with van der Waals surface area (Å²) >= 11 is 0. The molecule has 17 heavy (non-hydrogen) atoms. The van der Waals surface area contributed by atoms with Gasteiger partial charge >= 0.3 is 0 Å². The third kappa shape index (κ3) is 2.61. The Labute approximate surface area is 97.0 Å². The Balaban J connectivity index is 2.26. The average Bonchev–Trinajstić information content (AvgIpc) is 2.28. The average molecular weight is 246 g/mol. The van der Waals surface area contributed by atoms with Gasteiger partial charge in [-0.25, -0.2) is 13.2 Å². The van der Waals surface area contributed by atoms with Gasteiger partial charge in [-0.05, 0) is 18.8 Å². The van der Waals surface area contributed by atoms with Gasteiger partial charge in [0.15, 0.2) is 0 Å². The molecule has 0 amide bonds. The van der Waals surface area contributed by atoms with Gasteiger partial charge in [0.2, 0.25) is 0 Å². The van der Waals surface area contributed by atoms with Gasteiger partial charge in [-0.1, -0.05) is 0 Å². The predicted molar refractivity (Wildman–Crippen MR) is 54.8 cm³/mol. The summed E-state index contributed by atoms with van der Waals surface area (Å²) < 4.78 is 44.7. The van der Waals surface area contributed by atoms with Crippen molar-refractivity contribution in [3.05, 3.63) is 35.1 Å². The van der Waals surface area contributed by atoms with Crippen LogP contribution >= 0.6 is 0 Å². The van der Waals surface area contributed by atoms with Gasteiger partial charge in [-0.2, -0.15) is 0 Å². The minimum absolute atomic E-state index is 0.252. The lowest BCUT2D eigenvalue weighted by Crippen LogP contribution is -2.23. The second-order valence-electron chi connectivity index (χ2n) is 4.18. The molecular formula is C12H13F3O2. The van der Waals surface area contributed by atoms with Crippen LogP contribution < -0.4 is 0 Å². The van der Waals surface area contributed by atoms with Crippen molar-refractivity contribution in [1.82, 2.24) is 0 Å². The van der Waals surface area contributed by atoms with Crippen LogP contribution in [-0.4, -0.2) is 18.3 Å². The van der Waals surface area contributed by atoms with E-state index in [1.54, 1.807) is 0 Å². The lowest BCUT2D eigenvalue weighted by molar-refractivity contribution is 0.00445. The van der Waals surface area contributed by atoms with Gasteiger partial charge in [0.25, 0.3) is 0 Å². The molecule has 1 aromatic rings. The molecule has 0 aliphatic carbocycles. The van der Waals surface area contributed by atoms with E-state index in [9.17, 15) is 18.3 Å². The zero-order chi connectivity index (χ0) is 12.4. The fraction of sp³-hybridized carbons (Fsp3) is 0.500. The van der Waals surface area contributed by atoms with E-state index in [1.165, 1.54) is 0 Å². The minimum atomic E-state index is -1.25. The summed E-state index contributed by atoms with van der Waals surface area (Å²) in [6.07, 6.45) is -0.172. The first-order valence-corrected chi connectivity index (χ1v) is 5.50. The number of halogens is 3. The molecule has 0 saturated carbocycles. The van der Waals surface area contributed by atoms with Crippen LogP contribution in [0.15, 0.2) is 12.1 Å². The molecule has 2 nitrogen and oxygen atoms in total. The van der Waals surface area contributed by atoms with Crippen LogP contribution in [0, 0.1) is 23.4 Å². The molecule has 1 aliphatic heterocycles. The third-order valence-corrected chi connectivity index (χ3v) is 3.05. The van der Waals surface area contributed by atoms with Crippen LogP contribution in [0.3, 0.4) is 0 Å². The molecule has 1 aliphatic rings. The van der Waals surface area contributed by atoms with Crippen LogP contribution in [0.2, 0.25) is 0 Å². The molecule has 1 fully saturated rings. The summed E-state index contributed by atoms with van der Waals surface area (Å²) in [4.78, 5) is 0. The van der Waals surface area contributed by atoms with Crippen molar-refractivity contribution in [3.63, 3.8) is 0 Å². The Hall–Kier alpha value is -1.07. The monoisotopic (exact) mass is 246 g/mol. The molecule has 5 heteroatoms. The molecule has 1 atom stereocenters. The number of ether oxygens (including phenoxy) is 1. The quantitative estimate of drug-likeness (QED) is 0.869. The molecule has 1 unspecified atom stereocenters. The molecule has 2 rings (SSSR count). The van der Waals surface area contributed by atoms with Crippen molar-refractivity contribution in [3.8, 4) is 0 Å². The van der Waals surface area contributed by atoms with Crippen molar-refractivity contribution in [2.24, 2.45) is 5.92 Å². The smallest absolute Gasteiger partial charge is 0.134 e. The van der Waals surface area contributed by atoms with Crippen molar-refractivity contribution in [2.45, 2.75) is 18.9 Å². The van der Waals surface area contributed by atoms with E-state index in [1.807, 2.05) is 0 Å². The van der Waals surface area contributed by atoms with Gasteiger partial charge in [0.1, 0.15) is 17.5 Å². The second kappa shape index (κ2) is 5.06. The molecule has 0 aromatic heterocycles. The lowest BCUT2D eigenvalue weighted by Gasteiger charge is -2.27. The van der Waals surface area contributed by atoms with Gasteiger partial charge in [0.05, 0.1) is 11.7 Å². The fourth-order valence-electron chi connectivity index (χ4n) is 2.10. The minimum Gasteiger partial charge on any atom is -0.388 e. The topological polar surface area (TPSA) is 29.5 Å². The Morgan fingerprint density at radius 3 is 2.18 bits per heavy atom. The number of rotatable bonds is 2. The van der Waals surface area contributed by atoms with Crippen LogP contribution in [0.1, 0.15) is 24.5 Å². The van der Waals surface area contributed by atoms with Crippen LogP contribution in [0.25, 0.3) is 0 Å². The summed E-state index contributed by atoms with van der Waals surface area (Å²) in [6.45, 7) is 0.929. The first kappa shape index (κ1) is 12.4. The SMILES string of the molecule is OC(c1c(F)cc(F)cc1F)C1CCOCC1. The Bertz CT molecular complexity index is 380. The van der Waals surface area contributed by atoms with Crippen molar-refractivity contribution >= 4 is 0 Å². The normalized spacial score (nSPS) is 19.3. The largest absolute Gasteiger partial charge is 0.388 e. The number of aliphatic hydroxyl groups is 1. The highest BCUT2D eigenvalue weighted by Crippen LogP contribution is 2.33. The zero-order valence-electron chi connectivity index (χ0n) is 9.13. The van der Waals surface area contributed by atoms with E-state index >= 15 is 0 Å². The lowest BCUT2D eigenvalue weighted by atomic mass is 9.89. The highest BCUT2D eigenvalue weighted by atomic mass is 19.1. The molecule has 1 saturated heterocycles. The number of aliphatic hydroxyl groups excluding tert-OH is 1. The summed E-state index contributed by atoms with van der Waals surface area (Å²) in [5, 5.41) is 9.94. The fourth-order valence-corrected chi connectivity index (χ4v) is 2.10. The van der Waals surface area contributed by atoms with Crippen molar-refractivity contribution in [1.29, 1.82) is 0 Å². The zero-order valence-corrected chi connectivity index (χ0v) is 9.13.